The number of nitrogens with one attached hydrogen (secondary N) is 1. The average Bonchev–Trinajstić information content (AvgIpc) is 3.58. The van der Waals surface area contributed by atoms with Crippen molar-refractivity contribution in [2.75, 3.05) is 25.1 Å². The highest BCUT2D eigenvalue weighted by molar-refractivity contribution is 6.33. The average molecular weight is 727 g/mol. The van der Waals surface area contributed by atoms with Crippen molar-refractivity contribution in [2.24, 2.45) is 0 Å². The number of halogens is 4. The molecule has 5 heterocycles. The van der Waals surface area contributed by atoms with Gasteiger partial charge in [-0.1, -0.05) is 24.6 Å². The van der Waals surface area contributed by atoms with E-state index in [1.807, 2.05) is 19.9 Å². The number of allylic oxidation sites excluding steroid dienone is 1. The topological polar surface area (TPSA) is 157 Å². The van der Waals surface area contributed by atoms with Gasteiger partial charge in [-0.05, 0) is 75.0 Å². The van der Waals surface area contributed by atoms with Gasteiger partial charge < -0.3 is 24.6 Å². The van der Waals surface area contributed by atoms with Crippen LogP contribution in [0.3, 0.4) is 0 Å². The molecule has 13 nitrogen and oxygen atoms in total. The largest absolute Gasteiger partial charge is 0.504 e. The number of benzene rings is 1. The maximum atomic E-state index is 14.2. The normalized spacial score (nSPS) is 17.5. The number of aryl methyl sites for hydroxylation is 1. The zero-order chi connectivity index (χ0) is 36.6. The summed E-state index contributed by atoms with van der Waals surface area (Å²) >= 11 is 6.12. The van der Waals surface area contributed by atoms with Crippen LogP contribution in [0, 0.1) is 6.92 Å². The van der Waals surface area contributed by atoms with Gasteiger partial charge in [0, 0.05) is 24.9 Å². The van der Waals surface area contributed by atoms with Gasteiger partial charge in [0.1, 0.15) is 12.9 Å². The Balaban J connectivity index is 1.40. The van der Waals surface area contributed by atoms with Crippen LogP contribution in [0.4, 0.5) is 18.9 Å². The minimum Gasteiger partial charge on any atom is -0.504 e. The summed E-state index contributed by atoms with van der Waals surface area (Å²) in [5.74, 6) is -1.02. The lowest BCUT2D eigenvalue weighted by molar-refractivity contribution is -0.137. The molecular formula is C34H34ClF3N8O5. The second-order valence-corrected chi connectivity index (χ2v) is 12.8. The Morgan fingerprint density at radius 2 is 2.02 bits per heavy atom. The van der Waals surface area contributed by atoms with E-state index in [1.54, 1.807) is 22.5 Å². The molecule has 1 aromatic carbocycles. The van der Waals surface area contributed by atoms with Gasteiger partial charge in [0.25, 0.3) is 11.5 Å². The third-order valence-corrected chi connectivity index (χ3v) is 9.16. The smallest absolute Gasteiger partial charge is 0.416 e. The molecule has 0 radical (unpaired) electrons. The molecule has 0 saturated carbocycles. The fourth-order valence-electron chi connectivity index (χ4n) is 6.25. The van der Waals surface area contributed by atoms with Crippen LogP contribution in [-0.4, -0.2) is 76.8 Å². The van der Waals surface area contributed by atoms with Crippen LogP contribution in [0.1, 0.15) is 71.9 Å². The standard InChI is InChI=1S/C34H34ClF3N8O5/c1-4-26-23(13-20-12-18(2)44(15-20)32(50)28-29(48)19(3)39-17-40-28)31(49)46-33(42-30(43-46)21-6-5-10-51-11-9-21)45(26)16-27(47)41-25-8-7-22(14-24(25)35)34(36,37)38/h7-9,13-14,17-18,48H,4-6,10-12,15-16H2,1-3H3,(H,41,47)/b20-13-/t18-/m1/s1. The maximum Gasteiger partial charge on any atom is 0.416 e. The summed E-state index contributed by atoms with van der Waals surface area (Å²) in [5.41, 5.74) is 0.882. The molecule has 0 spiro atoms. The van der Waals surface area contributed by atoms with Crippen LogP contribution in [0.2, 0.25) is 5.02 Å². The Hall–Kier alpha value is -5.09. The number of hydrogen-bond acceptors (Lipinski definition) is 9. The number of aromatic hydroxyl groups is 1. The molecule has 0 unspecified atom stereocenters. The molecule has 1 saturated heterocycles. The van der Waals surface area contributed by atoms with Crippen LogP contribution in [0.5, 0.6) is 5.75 Å². The van der Waals surface area contributed by atoms with Gasteiger partial charge in [0.05, 0.1) is 34.1 Å². The van der Waals surface area contributed by atoms with Crippen molar-refractivity contribution in [1.29, 1.82) is 0 Å². The van der Waals surface area contributed by atoms with Crippen molar-refractivity contribution in [1.82, 2.24) is 34.0 Å². The van der Waals surface area contributed by atoms with E-state index in [2.05, 4.69) is 25.4 Å². The molecule has 6 rings (SSSR count). The number of carbonyl (C=O) groups is 2. The third kappa shape index (κ3) is 7.23. The lowest BCUT2D eigenvalue weighted by Crippen LogP contribution is -2.34. The molecular weight excluding hydrogens is 693 g/mol. The predicted molar refractivity (Wildman–Crippen MR) is 181 cm³/mol. The summed E-state index contributed by atoms with van der Waals surface area (Å²) in [6.07, 6.45) is 2.16. The molecule has 0 aliphatic carbocycles. The van der Waals surface area contributed by atoms with E-state index in [-0.39, 0.29) is 64.7 Å². The number of aromatic nitrogens is 6. The van der Waals surface area contributed by atoms with Gasteiger partial charge in [0.2, 0.25) is 11.7 Å². The third-order valence-electron chi connectivity index (χ3n) is 8.85. The first-order valence-corrected chi connectivity index (χ1v) is 16.6. The van der Waals surface area contributed by atoms with Crippen LogP contribution < -0.4 is 10.9 Å². The number of anilines is 1. The summed E-state index contributed by atoms with van der Waals surface area (Å²) in [4.78, 5) is 55.2. The molecule has 268 valence electrons. The predicted octanol–water partition coefficient (Wildman–Crippen LogP) is 5.08. The van der Waals surface area contributed by atoms with E-state index >= 15 is 0 Å². The van der Waals surface area contributed by atoms with Crippen molar-refractivity contribution in [3.05, 3.63) is 85.6 Å². The van der Waals surface area contributed by atoms with Gasteiger partial charge in [0.15, 0.2) is 17.3 Å². The van der Waals surface area contributed by atoms with Crippen molar-refractivity contribution >= 4 is 46.5 Å². The lowest BCUT2D eigenvalue weighted by Gasteiger charge is -2.20. The number of carbonyl (C=O) groups excluding carboxylic acids is 2. The second kappa shape index (κ2) is 14.3. The number of hydrogen-bond donors (Lipinski definition) is 2. The number of fused-ring (bicyclic) bond motifs is 1. The van der Waals surface area contributed by atoms with Gasteiger partial charge in [-0.15, -0.1) is 5.10 Å². The monoisotopic (exact) mass is 726 g/mol. The number of amides is 2. The van der Waals surface area contributed by atoms with Gasteiger partial charge >= 0.3 is 6.18 Å². The summed E-state index contributed by atoms with van der Waals surface area (Å²) in [7, 11) is 0. The molecule has 0 bridgehead atoms. The van der Waals surface area contributed by atoms with Crippen LogP contribution in [-0.2, 0) is 28.7 Å². The quantitative estimate of drug-likeness (QED) is 0.265. The zero-order valence-corrected chi connectivity index (χ0v) is 28.7. The molecule has 1 atom stereocenters. The SMILES string of the molecule is CCc1c(/C=C2/C[C@@H](C)N(C(=O)c3ncnc(C)c3O)C2)c(=O)n2nc(C3=CCOCCC3)nc2n1CC(=O)Nc1ccc(C(F)(F)F)cc1Cl. The summed E-state index contributed by atoms with van der Waals surface area (Å²) < 4.78 is 47.8. The minimum atomic E-state index is -4.61. The highest BCUT2D eigenvalue weighted by atomic mass is 35.5. The van der Waals surface area contributed by atoms with E-state index < -0.39 is 29.1 Å². The lowest BCUT2D eigenvalue weighted by atomic mass is 10.1. The van der Waals surface area contributed by atoms with E-state index in [9.17, 15) is 32.7 Å². The van der Waals surface area contributed by atoms with E-state index in [1.165, 1.54) is 6.33 Å². The number of ether oxygens (including phenoxy) is 1. The Labute approximate surface area is 294 Å². The van der Waals surface area contributed by atoms with Crippen molar-refractivity contribution < 1.29 is 32.6 Å². The fraction of sp³-hybridized carbons (Fsp3) is 0.382. The van der Waals surface area contributed by atoms with E-state index in [0.717, 1.165) is 40.3 Å². The number of likely N-dealkylation sites (tertiary alicyclic amines) is 1. The highest BCUT2D eigenvalue weighted by Gasteiger charge is 2.33. The Bertz CT molecular complexity index is 2160. The van der Waals surface area contributed by atoms with Gasteiger partial charge in [-0.3, -0.25) is 14.4 Å². The van der Waals surface area contributed by atoms with Crippen LogP contribution in [0.15, 0.2) is 41.0 Å². The van der Waals surface area contributed by atoms with Crippen molar-refractivity contribution in [3.8, 4) is 5.75 Å². The summed E-state index contributed by atoms with van der Waals surface area (Å²) in [6.45, 7) is 5.89. The highest BCUT2D eigenvalue weighted by Crippen LogP contribution is 2.34. The first-order chi connectivity index (χ1) is 24.3. The molecule has 1 fully saturated rings. The molecule has 2 aliphatic heterocycles. The summed E-state index contributed by atoms with van der Waals surface area (Å²) in [5, 5.41) is 17.3. The Morgan fingerprint density at radius 3 is 2.75 bits per heavy atom. The molecule has 2 aliphatic rings. The maximum absolute atomic E-state index is 14.2. The second-order valence-electron chi connectivity index (χ2n) is 12.3. The van der Waals surface area contributed by atoms with Gasteiger partial charge in [-0.25, -0.2) is 9.97 Å². The summed E-state index contributed by atoms with van der Waals surface area (Å²) in [6, 6.07) is 2.33. The molecule has 17 heteroatoms. The zero-order valence-electron chi connectivity index (χ0n) is 27.9. The van der Waals surface area contributed by atoms with E-state index in [0.29, 0.717) is 37.6 Å². The molecule has 51 heavy (non-hydrogen) atoms. The van der Waals surface area contributed by atoms with Crippen LogP contribution >= 0.6 is 11.6 Å². The Morgan fingerprint density at radius 1 is 1.24 bits per heavy atom. The van der Waals surface area contributed by atoms with Crippen molar-refractivity contribution in [3.63, 3.8) is 0 Å². The first kappa shape index (κ1) is 35.7. The van der Waals surface area contributed by atoms with Crippen molar-refractivity contribution in [2.45, 2.75) is 65.2 Å². The molecule has 3 aromatic heterocycles. The number of alkyl halides is 3. The molecule has 2 N–H and O–H groups in total. The van der Waals surface area contributed by atoms with Crippen LogP contribution in [0.25, 0.3) is 17.4 Å². The fourth-order valence-corrected chi connectivity index (χ4v) is 6.48. The number of rotatable bonds is 7. The minimum absolute atomic E-state index is 0.0208. The number of nitrogens with zero attached hydrogens (tertiary/aromatic N) is 7. The Kier molecular flexibility index (Phi) is 9.99. The van der Waals surface area contributed by atoms with E-state index in [4.69, 9.17) is 16.3 Å². The molecule has 4 aromatic rings. The first-order valence-electron chi connectivity index (χ1n) is 16.2. The van der Waals surface area contributed by atoms with Gasteiger partial charge in [-0.2, -0.15) is 22.7 Å². The molecule has 2 amide bonds.